The largest absolute Gasteiger partial charge is 0.345 e. The van der Waals surface area contributed by atoms with E-state index in [1.54, 1.807) is 0 Å². The molecule has 0 aromatic heterocycles. The smallest absolute Gasteiger partial charge is 0.282 e. The van der Waals surface area contributed by atoms with Gasteiger partial charge in [-0.05, 0) is 36.1 Å². The van der Waals surface area contributed by atoms with Gasteiger partial charge in [0.2, 0.25) is 0 Å². The van der Waals surface area contributed by atoms with Crippen LogP contribution in [0.15, 0.2) is 42.5 Å². The number of benzene rings is 2. The van der Waals surface area contributed by atoms with Gasteiger partial charge in [-0.2, -0.15) is 0 Å². The van der Waals surface area contributed by atoms with Gasteiger partial charge in [0.1, 0.15) is 5.56 Å². The van der Waals surface area contributed by atoms with Crippen LogP contribution in [0.3, 0.4) is 0 Å². The number of hydrogen-bond donors (Lipinski definition) is 1. The minimum absolute atomic E-state index is 0.0121. The van der Waals surface area contributed by atoms with Crippen LogP contribution in [0.5, 0.6) is 0 Å². The van der Waals surface area contributed by atoms with Crippen LogP contribution in [0.4, 0.5) is 5.69 Å². The molecular weight excluding hydrogens is 304 g/mol. The number of aryl methyl sites for hydroxylation is 1. The lowest BCUT2D eigenvalue weighted by atomic mass is 10.1. The second kappa shape index (κ2) is 5.77. The van der Waals surface area contributed by atoms with Gasteiger partial charge in [-0.1, -0.05) is 35.9 Å². The number of carbonyl (C=O) groups excluding carboxylic acids is 1. The first-order valence-corrected chi connectivity index (χ1v) is 7.26. The van der Waals surface area contributed by atoms with Crippen molar-refractivity contribution in [2.75, 3.05) is 0 Å². The first-order valence-electron chi connectivity index (χ1n) is 6.89. The number of hydrogen-bond acceptors (Lipinski definition) is 3. The highest BCUT2D eigenvalue weighted by Crippen LogP contribution is 2.31. The third kappa shape index (κ3) is 2.67. The lowest BCUT2D eigenvalue weighted by Gasteiger charge is -2.14. The van der Waals surface area contributed by atoms with Crippen LogP contribution in [0.2, 0.25) is 5.02 Å². The number of rotatable bonds is 3. The van der Waals surface area contributed by atoms with Crippen LogP contribution in [0.25, 0.3) is 0 Å². The molecule has 0 heterocycles. The SMILES string of the molecule is O=C(NC1CCc2ccccc21)c1cc(Cl)ccc1[N+](=O)[O-]. The van der Waals surface area contributed by atoms with Crippen molar-refractivity contribution in [2.24, 2.45) is 0 Å². The number of nitrogens with zero attached hydrogens (tertiary/aromatic N) is 1. The number of nitro benzene ring substituents is 1. The molecular formula is C16H13ClN2O3. The fraction of sp³-hybridized carbons (Fsp3) is 0.188. The van der Waals surface area contributed by atoms with Crippen molar-refractivity contribution >= 4 is 23.2 Å². The van der Waals surface area contributed by atoms with Crippen molar-refractivity contribution in [1.29, 1.82) is 0 Å². The third-order valence-electron chi connectivity index (χ3n) is 3.84. The van der Waals surface area contributed by atoms with Crippen molar-refractivity contribution in [3.8, 4) is 0 Å². The van der Waals surface area contributed by atoms with E-state index in [9.17, 15) is 14.9 Å². The number of carbonyl (C=O) groups is 1. The van der Waals surface area contributed by atoms with Crippen LogP contribution >= 0.6 is 11.6 Å². The second-order valence-electron chi connectivity index (χ2n) is 5.18. The molecule has 1 atom stereocenters. The molecule has 0 spiro atoms. The molecule has 0 radical (unpaired) electrons. The van der Waals surface area contributed by atoms with E-state index in [1.807, 2.05) is 24.3 Å². The Balaban J connectivity index is 1.87. The van der Waals surface area contributed by atoms with Gasteiger partial charge >= 0.3 is 0 Å². The maximum Gasteiger partial charge on any atom is 0.282 e. The zero-order valence-electron chi connectivity index (χ0n) is 11.6. The number of nitrogens with one attached hydrogen (secondary N) is 1. The Bertz CT molecular complexity index is 761. The summed E-state index contributed by atoms with van der Waals surface area (Å²) in [6.07, 6.45) is 1.68. The Hall–Kier alpha value is -2.40. The molecule has 0 saturated heterocycles. The van der Waals surface area contributed by atoms with Gasteiger partial charge < -0.3 is 5.32 Å². The summed E-state index contributed by atoms with van der Waals surface area (Å²) >= 11 is 5.86. The summed E-state index contributed by atoms with van der Waals surface area (Å²) in [5.41, 5.74) is 2.02. The van der Waals surface area contributed by atoms with E-state index in [-0.39, 0.29) is 17.3 Å². The van der Waals surface area contributed by atoms with Crippen molar-refractivity contribution in [2.45, 2.75) is 18.9 Å². The van der Waals surface area contributed by atoms with Crippen LogP contribution in [0, 0.1) is 10.1 Å². The number of fused-ring (bicyclic) bond motifs is 1. The molecule has 3 rings (SSSR count). The summed E-state index contributed by atoms with van der Waals surface area (Å²) in [7, 11) is 0. The standard InChI is InChI=1S/C16H13ClN2O3/c17-11-6-8-15(19(21)22)13(9-11)16(20)18-14-7-5-10-3-1-2-4-12(10)14/h1-4,6,8-9,14H,5,7H2,(H,18,20). The summed E-state index contributed by atoms with van der Waals surface area (Å²) < 4.78 is 0. The molecule has 22 heavy (non-hydrogen) atoms. The van der Waals surface area contributed by atoms with Gasteiger partial charge in [-0.25, -0.2) is 0 Å². The Morgan fingerprint density at radius 2 is 2.05 bits per heavy atom. The molecule has 1 unspecified atom stereocenters. The van der Waals surface area contributed by atoms with Crippen molar-refractivity contribution in [1.82, 2.24) is 5.32 Å². The van der Waals surface area contributed by atoms with E-state index >= 15 is 0 Å². The van der Waals surface area contributed by atoms with Gasteiger partial charge in [0.05, 0.1) is 11.0 Å². The predicted molar refractivity (Wildman–Crippen MR) is 83.1 cm³/mol. The molecule has 0 saturated carbocycles. The zero-order chi connectivity index (χ0) is 15.7. The van der Waals surface area contributed by atoms with Crippen LogP contribution in [-0.2, 0) is 6.42 Å². The molecule has 112 valence electrons. The number of nitro groups is 1. The van der Waals surface area contributed by atoms with Gasteiger partial charge in [0.25, 0.3) is 11.6 Å². The monoisotopic (exact) mass is 316 g/mol. The quantitative estimate of drug-likeness (QED) is 0.693. The van der Waals surface area contributed by atoms with Crippen LogP contribution in [0.1, 0.15) is 33.9 Å². The summed E-state index contributed by atoms with van der Waals surface area (Å²) in [6.45, 7) is 0. The van der Waals surface area contributed by atoms with Gasteiger partial charge in [-0.15, -0.1) is 0 Å². The van der Waals surface area contributed by atoms with Gasteiger partial charge in [0, 0.05) is 11.1 Å². The van der Waals surface area contributed by atoms with E-state index in [2.05, 4.69) is 5.32 Å². The molecule has 1 N–H and O–H groups in total. The first kappa shape index (κ1) is 14.5. The van der Waals surface area contributed by atoms with Gasteiger partial charge in [0.15, 0.2) is 0 Å². The molecule has 5 nitrogen and oxygen atoms in total. The minimum Gasteiger partial charge on any atom is -0.345 e. The Kier molecular flexibility index (Phi) is 3.81. The summed E-state index contributed by atoms with van der Waals surface area (Å²) in [5, 5.41) is 14.2. The van der Waals surface area contributed by atoms with Gasteiger partial charge in [-0.3, -0.25) is 14.9 Å². The topological polar surface area (TPSA) is 72.2 Å². The average Bonchev–Trinajstić information content (AvgIpc) is 2.90. The normalized spacial score (nSPS) is 16.1. The number of halogens is 1. The second-order valence-corrected chi connectivity index (χ2v) is 5.62. The highest BCUT2D eigenvalue weighted by atomic mass is 35.5. The fourth-order valence-corrected chi connectivity index (χ4v) is 2.96. The Morgan fingerprint density at radius 1 is 1.27 bits per heavy atom. The average molecular weight is 317 g/mol. The fourth-order valence-electron chi connectivity index (χ4n) is 2.79. The lowest BCUT2D eigenvalue weighted by molar-refractivity contribution is -0.385. The molecule has 0 bridgehead atoms. The highest BCUT2D eigenvalue weighted by molar-refractivity contribution is 6.31. The van der Waals surface area contributed by atoms with Crippen molar-refractivity contribution < 1.29 is 9.72 Å². The molecule has 0 aliphatic heterocycles. The molecule has 6 heteroatoms. The molecule has 1 aliphatic rings. The van der Waals surface area contributed by atoms with E-state index in [1.165, 1.54) is 23.8 Å². The highest BCUT2D eigenvalue weighted by Gasteiger charge is 2.27. The molecule has 2 aromatic carbocycles. The maximum atomic E-state index is 12.4. The summed E-state index contributed by atoms with van der Waals surface area (Å²) in [4.78, 5) is 22.9. The van der Waals surface area contributed by atoms with E-state index < -0.39 is 10.8 Å². The number of amides is 1. The molecule has 0 fully saturated rings. The summed E-state index contributed by atoms with van der Waals surface area (Å²) in [5.74, 6) is -0.476. The Labute approximate surface area is 132 Å². The van der Waals surface area contributed by atoms with E-state index in [4.69, 9.17) is 11.6 Å². The zero-order valence-corrected chi connectivity index (χ0v) is 12.3. The molecule has 1 aliphatic carbocycles. The molecule has 2 aromatic rings. The third-order valence-corrected chi connectivity index (χ3v) is 4.07. The first-order chi connectivity index (χ1) is 10.6. The minimum atomic E-state index is -0.576. The van der Waals surface area contributed by atoms with Crippen LogP contribution < -0.4 is 5.32 Å². The molecule has 1 amide bonds. The maximum absolute atomic E-state index is 12.4. The predicted octanol–water partition coefficient (Wildman–Crippen LogP) is 3.67. The van der Waals surface area contributed by atoms with E-state index in [0.717, 1.165) is 18.4 Å². The van der Waals surface area contributed by atoms with Crippen molar-refractivity contribution in [3.63, 3.8) is 0 Å². The summed E-state index contributed by atoms with van der Waals surface area (Å²) in [6, 6.07) is 11.7. The Morgan fingerprint density at radius 3 is 2.82 bits per heavy atom. The van der Waals surface area contributed by atoms with E-state index in [0.29, 0.717) is 5.02 Å². The van der Waals surface area contributed by atoms with Crippen molar-refractivity contribution in [3.05, 3.63) is 74.3 Å². The lowest BCUT2D eigenvalue weighted by Crippen LogP contribution is -2.27. The van der Waals surface area contributed by atoms with Crippen LogP contribution in [-0.4, -0.2) is 10.8 Å².